The summed E-state index contributed by atoms with van der Waals surface area (Å²) in [6, 6.07) is 2.45. The summed E-state index contributed by atoms with van der Waals surface area (Å²) in [5.41, 5.74) is 0.733. The van der Waals surface area contributed by atoms with Crippen LogP contribution < -0.4 is 10.6 Å². The number of nitrogens with one attached hydrogen (secondary N) is 2. The van der Waals surface area contributed by atoms with E-state index in [4.69, 9.17) is 0 Å². The summed E-state index contributed by atoms with van der Waals surface area (Å²) in [5, 5.41) is 5.88. The number of carbonyl (C=O) groups is 1. The van der Waals surface area contributed by atoms with Crippen LogP contribution in [0.15, 0.2) is 22.9 Å². The fourth-order valence-corrected chi connectivity index (χ4v) is 2.73. The van der Waals surface area contributed by atoms with Crippen molar-refractivity contribution in [1.29, 1.82) is 0 Å². The molecule has 0 saturated carbocycles. The normalized spacial score (nSPS) is 17.2. The summed E-state index contributed by atoms with van der Waals surface area (Å²) in [7, 11) is 0. The van der Waals surface area contributed by atoms with Crippen molar-refractivity contribution in [2.75, 3.05) is 18.4 Å². The van der Waals surface area contributed by atoms with Crippen molar-refractivity contribution in [1.82, 2.24) is 15.2 Å². The molecular formula is C14H21BrN4O. The van der Waals surface area contributed by atoms with Gasteiger partial charge in [0.05, 0.1) is 10.2 Å². The van der Waals surface area contributed by atoms with Crippen LogP contribution in [0.3, 0.4) is 0 Å². The summed E-state index contributed by atoms with van der Waals surface area (Å²) in [6.07, 6.45) is 5.32. The van der Waals surface area contributed by atoms with Crippen molar-refractivity contribution >= 4 is 27.6 Å². The Morgan fingerprint density at radius 2 is 2.15 bits per heavy atom. The van der Waals surface area contributed by atoms with Crippen LogP contribution >= 0.6 is 15.9 Å². The van der Waals surface area contributed by atoms with Gasteiger partial charge in [0, 0.05) is 37.6 Å². The molecule has 110 valence electrons. The number of carbonyl (C=O) groups excluding carboxylic acids is 1. The highest BCUT2D eigenvalue weighted by Crippen LogP contribution is 2.20. The van der Waals surface area contributed by atoms with E-state index >= 15 is 0 Å². The maximum Gasteiger partial charge on any atom is 0.319 e. The molecule has 2 heterocycles. The SMILES string of the molecule is CC(C)N1CCC(NC(=O)Nc2ccncc2Br)CC1. The molecule has 6 heteroatoms. The zero-order chi connectivity index (χ0) is 14.5. The number of nitrogens with zero attached hydrogens (tertiary/aromatic N) is 2. The minimum absolute atomic E-state index is 0.153. The standard InChI is InChI=1S/C14H21BrN4O/c1-10(2)19-7-4-11(5-8-19)17-14(20)18-13-3-6-16-9-12(13)15/h3,6,9-11H,4-5,7-8H2,1-2H3,(H2,16,17,18,20). The van der Waals surface area contributed by atoms with E-state index < -0.39 is 0 Å². The monoisotopic (exact) mass is 340 g/mol. The van der Waals surface area contributed by atoms with Gasteiger partial charge in [-0.25, -0.2) is 4.79 Å². The highest BCUT2D eigenvalue weighted by Gasteiger charge is 2.22. The zero-order valence-electron chi connectivity index (χ0n) is 11.9. The molecule has 2 N–H and O–H groups in total. The third-order valence-electron chi connectivity index (χ3n) is 3.62. The van der Waals surface area contributed by atoms with Gasteiger partial charge in [-0.15, -0.1) is 0 Å². The topological polar surface area (TPSA) is 57.3 Å². The lowest BCUT2D eigenvalue weighted by molar-refractivity contribution is 0.163. The highest BCUT2D eigenvalue weighted by molar-refractivity contribution is 9.10. The van der Waals surface area contributed by atoms with Crippen LogP contribution in [0.2, 0.25) is 0 Å². The molecule has 5 nitrogen and oxygen atoms in total. The second kappa shape index (κ2) is 7.04. The number of halogens is 1. The van der Waals surface area contributed by atoms with Crippen LogP contribution in [-0.4, -0.2) is 41.1 Å². The maximum atomic E-state index is 12.0. The fourth-order valence-electron chi connectivity index (χ4n) is 2.38. The molecule has 0 spiro atoms. The second-order valence-corrected chi connectivity index (χ2v) is 6.21. The Balaban J connectivity index is 1.80. The predicted octanol–water partition coefficient (Wildman–Crippen LogP) is 2.84. The molecule has 0 radical (unpaired) electrons. The number of rotatable bonds is 3. The molecular weight excluding hydrogens is 320 g/mol. The number of amides is 2. The van der Waals surface area contributed by atoms with Crippen LogP contribution in [0.4, 0.5) is 10.5 Å². The molecule has 1 aromatic rings. The van der Waals surface area contributed by atoms with Gasteiger partial charge in [0.1, 0.15) is 0 Å². The first-order valence-electron chi connectivity index (χ1n) is 6.97. The molecule has 0 atom stereocenters. The molecule has 1 aliphatic rings. The Morgan fingerprint density at radius 3 is 2.75 bits per heavy atom. The Morgan fingerprint density at radius 1 is 1.45 bits per heavy atom. The fraction of sp³-hybridized carbons (Fsp3) is 0.571. The number of hydrogen-bond donors (Lipinski definition) is 2. The number of aromatic nitrogens is 1. The van der Waals surface area contributed by atoms with E-state index in [-0.39, 0.29) is 12.1 Å². The number of likely N-dealkylation sites (tertiary alicyclic amines) is 1. The zero-order valence-corrected chi connectivity index (χ0v) is 13.5. The number of pyridine rings is 1. The Labute approximate surface area is 128 Å². The van der Waals surface area contributed by atoms with Crippen molar-refractivity contribution in [2.24, 2.45) is 0 Å². The number of hydrogen-bond acceptors (Lipinski definition) is 3. The molecule has 1 aliphatic heterocycles. The summed E-state index contributed by atoms with van der Waals surface area (Å²) < 4.78 is 0.782. The Bertz CT molecular complexity index is 458. The third-order valence-corrected chi connectivity index (χ3v) is 4.25. The number of piperidine rings is 1. The third kappa shape index (κ3) is 4.18. The maximum absolute atomic E-state index is 12.0. The van der Waals surface area contributed by atoms with Crippen molar-refractivity contribution < 1.29 is 4.79 Å². The van der Waals surface area contributed by atoms with Crippen molar-refractivity contribution in [2.45, 2.75) is 38.8 Å². The van der Waals surface area contributed by atoms with Gasteiger partial charge in [-0.2, -0.15) is 0 Å². The average Bonchev–Trinajstić information content (AvgIpc) is 2.42. The van der Waals surface area contributed by atoms with E-state index in [0.29, 0.717) is 6.04 Å². The Hall–Kier alpha value is -1.14. The van der Waals surface area contributed by atoms with Crippen LogP contribution in [0.5, 0.6) is 0 Å². The molecule has 0 bridgehead atoms. The summed E-state index contributed by atoms with van der Waals surface area (Å²) in [4.78, 5) is 18.4. The summed E-state index contributed by atoms with van der Waals surface area (Å²) >= 11 is 3.36. The molecule has 20 heavy (non-hydrogen) atoms. The first kappa shape index (κ1) is 15.3. The van der Waals surface area contributed by atoms with Gasteiger partial charge in [-0.05, 0) is 48.7 Å². The van der Waals surface area contributed by atoms with Gasteiger partial charge in [0.2, 0.25) is 0 Å². The van der Waals surface area contributed by atoms with Crippen molar-refractivity contribution in [3.63, 3.8) is 0 Å². The van der Waals surface area contributed by atoms with Crippen LogP contribution in [-0.2, 0) is 0 Å². The molecule has 1 aromatic heterocycles. The van der Waals surface area contributed by atoms with Gasteiger partial charge in [0.25, 0.3) is 0 Å². The number of anilines is 1. The number of urea groups is 1. The van der Waals surface area contributed by atoms with Crippen LogP contribution in [0, 0.1) is 0 Å². The van der Waals surface area contributed by atoms with Gasteiger partial charge >= 0.3 is 6.03 Å². The summed E-state index contributed by atoms with van der Waals surface area (Å²) in [5.74, 6) is 0. The van der Waals surface area contributed by atoms with Crippen molar-refractivity contribution in [3.8, 4) is 0 Å². The van der Waals surface area contributed by atoms with E-state index in [2.05, 4.69) is 50.3 Å². The van der Waals surface area contributed by atoms with Gasteiger partial charge < -0.3 is 15.5 Å². The Kier molecular flexibility index (Phi) is 5.37. The first-order valence-corrected chi connectivity index (χ1v) is 7.76. The average molecular weight is 341 g/mol. The van der Waals surface area contributed by atoms with Gasteiger partial charge in [-0.3, -0.25) is 4.98 Å². The molecule has 0 unspecified atom stereocenters. The quantitative estimate of drug-likeness (QED) is 0.889. The van der Waals surface area contributed by atoms with Gasteiger partial charge in [-0.1, -0.05) is 0 Å². The summed E-state index contributed by atoms with van der Waals surface area (Å²) in [6.45, 7) is 6.51. The molecule has 2 rings (SSSR count). The van der Waals surface area contributed by atoms with Crippen LogP contribution in [0.1, 0.15) is 26.7 Å². The van der Waals surface area contributed by atoms with E-state index in [9.17, 15) is 4.79 Å². The minimum atomic E-state index is -0.153. The minimum Gasteiger partial charge on any atom is -0.335 e. The lowest BCUT2D eigenvalue weighted by atomic mass is 10.0. The predicted molar refractivity (Wildman–Crippen MR) is 83.8 cm³/mol. The molecule has 0 aromatic carbocycles. The van der Waals surface area contributed by atoms with Gasteiger partial charge in [0.15, 0.2) is 0 Å². The van der Waals surface area contributed by atoms with E-state index in [0.717, 1.165) is 36.1 Å². The van der Waals surface area contributed by atoms with E-state index in [1.807, 2.05) is 0 Å². The lowest BCUT2D eigenvalue weighted by Gasteiger charge is -2.34. The smallest absolute Gasteiger partial charge is 0.319 e. The van der Waals surface area contributed by atoms with Crippen LogP contribution in [0.25, 0.3) is 0 Å². The van der Waals surface area contributed by atoms with E-state index in [1.54, 1.807) is 18.5 Å². The largest absolute Gasteiger partial charge is 0.335 e. The lowest BCUT2D eigenvalue weighted by Crippen LogP contribution is -2.47. The first-order chi connectivity index (χ1) is 9.56. The molecule has 1 saturated heterocycles. The highest BCUT2D eigenvalue weighted by atomic mass is 79.9. The van der Waals surface area contributed by atoms with E-state index in [1.165, 1.54) is 0 Å². The second-order valence-electron chi connectivity index (χ2n) is 5.36. The molecule has 2 amide bonds. The molecule has 0 aliphatic carbocycles. The molecule has 1 fully saturated rings. The van der Waals surface area contributed by atoms with Crippen molar-refractivity contribution in [3.05, 3.63) is 22.9 Å².